The number of alkyl halides is 3. The van der Waals surface area contributed by atoms with Crippen LogP contribution in [0.25, 0.3) is 0 Å². The summed E-state index contributed by atoms with van der Waals surface area (Å²) in [4.78, 5) is 34.8. The Labute approximate surface area is 260 Å². The molecule has 3 fully saturated rings. The Morgan fingerprint density at radius 1 is 1.11 bits per heavy atom. The molecule has 13 heteroatoms. The zero-order chi connectivity index (χ0) is 31.3. The maximum Gasteiger partial charge on any atom is 0.573 e. The van der Waals surface area contributed by atoms with Crippen molar-refractivity contribution in [2.24, 2.45) is 0 Å². The van der Waals surface area contributed by atoms with Crippen LogP contribution in [-0.2, 0) is 16.1 Å². The predicted molar refractivity (Wildman–Crippen MR) is 163 cm³/mol. The fourth-order valence-corrected chi connectivity index (χ4v) is 6.25. The molecule has 1 aromatic carbocycles. The topological polar surface area (TPSA) is 90.0 Å². The third kappa shape index (κ3) is 8.64. The van der Waals surface area contributed by atoms with Crippen molar-refractivity contribution in [1.29, 1.82) is 0 Å². The van der Waals surface area contributed by atoms with E-state index in [0.717, 1.165) is 76.2 Å². The minimum absolute atomic E-state index is 0.204. The van der Waals surface area contributed by atoms with Crippen LogP contribution in [0, 0.1) is 0 Å². The molecule has 2 aromatic rings. The lowest BCUT2D eigenvalue weighted by atomic mass is 9.98. The van der Waals surface area contributed by atoms with Gasteiger partial charge in [0.15, 0.2) is 6.29 Å². The van der Waals surface area contributed by atoms with E-state index in [1.54, 1.807) is 24.4 Å². The van der Waals surface area contributed by atoms with Crippen LogP contribution in [-0.4, -0.2) is 84.1 Å². The fraction of sp³-hybridized carbons (Fsp3) is 0.516. The highest BCUT2D eigenvalue weighted by Crippen LogP contribution is 2.31. The van der Waals surface area contributed by atoms with Crippen LogP contribution in [0.2, 0.25) is 5.02 Å². The Balaban J connectivity index is 1.12. The Morgan fingerprint density at radius 2 is 1.84 bits per heavy atom. The first-order chi connectivity index (χ1) is 21.1. The Hall–Kier alpha value is -3.35. The predicted octanol–water partition coefficient (Wildman–Crippen LogP) is 4.97. The normalized spacial score (nSPS) is 20.8. The number of allylic oxidation sites excluding steroid dienone is 1. The number of piperazine rings is 1. The monoisotopic (exact) mass is 634 g/mol. The number of nitrogens with zero attached hydrogens (tertiary/aromatic N) is 4. The van der Waals surface area contributed by atoms with E-state index < -0.39 is 12.1 Å². The van der Waals surface area contributed by atoms with E-state index in [2.05, 4.69) is 42.0 Å². The molecular weight excluding hydrogens is 597 g/mol. The molecule has 1 saturated carbocycles. The number of nitrogens with one attached hydrogen (secondary N) is 2. The van der Waals surface area contributed by atoms with E-state index in [4.69, 9.17) is 11.6 Å². The summed E-state index contributed by atoms with van der Waals surface area (Å²) in [5.74, 6) is -0.0894. The molecule has 3 heterocycles. The summed E-state index contributed by atoms with van der Waals surface area (Å²) in [6, 6.07) is 8.94. The number of hydrogen-bond acceptors (Lipinski definition) is 9. The number of aldehydes is 1. The number of aromatic nitrogens is 1. The zero-order valence-electron chi connectivity index (χ0n) is 24.7. The van der Waals surface area contributed by atoms with Crippen molar-refractivity contribution in [2.75, 3.05) is 42.9 Å². The SMILES string of the molecule is CCC1CN(c2ncc(N/C=C(\NC3CC3)C(=O)C=O)cc2Cl)CCN1C1CCN(Cc2ccc(OC(F)(F)F)cc2)CC1. The second kappa shape index (κ2) is 14.2. The van der Waals surface area contributed by atoms with Gasteiger partial charge in [0.05, 0.1) is 16.9 Å². The summed E-state index contributed by atoms with van der Waals surface area (Å²) in [6.07, 6.45) is 3.78. The van der Waals surface area contributed by atoms with Gasteiger partial charge in [-0.15, -0.1) is 13.2 Å². The van der Waals surface area contributed by atoms with Gasteiger partial charge in [0.1, 0.15) is 17.3 Å². The minimum Gasteiger partial charge on any atom is -0.406 e. The average molecular weight is 635 g/mol. The second-order valence-electron chi connectivity index (χ2n) is 11.6. The highest BCUT2D eigenvalue weighted by atomic mass is 35.5. The van der Waals surface area contributed by atoms with Gasteiger partial charge in [-0.05, 0) is 69.0 Å². The molecule has 2 saturated heterocycles. The molecule has 238 valence electrons. The van der Waals surface area contributed by atoms with Crippen molar-refractivity contribution in [3.8, 4) is 5.75 Å². The highest BCUT2D eigenvalue weighted by Gasteiger charge is 2.34. The number of rotatable bonds is 12. The molecule has 0 radical (unpaired) electrons. The summed E-state index contributed by atoms with van der Waals surface area (Å²) < 4.78 is 41.3. The Bertz CT molecular complexity index is 1330. The number of piperidine rings is 1. The van der Waals surface area contributed by atoms with Crippen LogP contribution < -0.4 is 20.3 Å². The number of likely N-dealkylation sites (tertiary alicyclic amines) is 1. The van der Waals surface area contributed by atoms with Crippen LogP contribution in [0.4, 0.5) is 24.7 Å². The number of hydrogen-bond donors (Lipinski definition) is 2. The van der Waals surface area contributed by atoms with E-state index in [0.29, 0.717) is 35.6 Å². The number of Topliss-reactive ketones (excluding diaryl/α,β-unsaturated/α-hetero) is 1. The molecule has 1 atom stereocenters. The van der Waals surface area contributed by atoms with Crippen LogP contribution >= 0.6 is 11.6 Å². The summed E-state index contributed by atoms with van der Waals surface area (Å²) in [5.41, 5.74) is 1.81. The highest BCUT2D eigenvalue weighted by molar-refractivity contribution is 6.33. The largest absolute Gasteiger partial charge is 0.573 e. The maximum absolute atomic E-state index is 12.4. The Kier molecular flexibility index (Phi) is 10.3. The summed E-state index contributed by atoms with van der Waals surface area (Å²) >= 11 is 6.68. The third-order valence-corrected chi connectivity index (χ3v) is 8.68. The van der Waals surface area contributed by atoms with Crippen molar-refractivity contribution in [3.05, 3.63) is 59.0 Å². The van der Waals surface area contributed by atoms with Crippen molar-refractivity contribution in [2.45, 2.75) is 70.1 Å². The summed E-state index contributed by atoms with van der Waals surface area (Å²) in [6.45, 7) is 7.25. The van der Waals surface area contributed by atoms with E-state index in [-0.39, 0.29) is 17.5 Å². The maximum atomic E-state index is 12.4. The van der Waals surface area contributed by atoms with Crippen LogP contribution in [0.15, 0.2) is 48.4 Å². The lowest BCUT2D eigenvalue weighted by Crippen LogP contribution is -2.58. The van der Waals surface area contributed by atoms with Gasteiger partial charge in [0.25, 0.3) is 0 Å². The average Bonchev–Trinajstić information content (AvgIpc) is 3.83. The molecule has 5 rings (SSSR count). The molecule has 44 heavy (non-hydrogen) atoms. The zero-order valence-corrected chi connectivity index (χ0v) is 25.4. The second-order valence-corrected chi connectivity index (χ2v) is 12.0. The molecule has 9 nitrogen and oxygen atoms in total. The third-order valence-electron chi connectivity index (χ3n) is 8.40. The number of carbonyl (C=O) groups is 2. The molecule has 3 aliphatic rings. The minimum atomic E-state index is -4.69. The van der Waals surface area contributed by atoms with Crippen LogP contribution in [0.3, 0.4) is 0 Å². The van der Waals surface area contributed by atoms with Crippen LogP contribution in [0.5, 0.6) is 5.75 Å². The fourth-order valence-electron chi connectivity index (χ4n) is 5.96. The van der Waals surface area contributed by atoms with Crippen molar-refractivity contribution < 1.29 is 27.5 Å². The van der Waals surface area contributed by atoms with Gasteiger partial charge in [-0.1, -0.05) is 30.7 Å². The molecule has 2 aliphatic heterocycles. The number of ether oxygens (including phenoxy) is 1. The lowest BCUT2D eigenvalue weighted by Gasteiger charge is -2.47. The van der Waals surface area contributed by atoms with Gasteiger partial charge in [0.2, 0.25) is 5.78 Å². The van der Waals surface area contributed by atoms with Gasteiger partial charge >= 0.3 is 6.36 Å². The molecule has 2 N–H and O–H groups in total. The number of halogens is 4. The molecule has 1 aromatic heterocycles. The standard InChI is InChI=1S/C31H38ClF3N6O3/c1-2-24-19-40(30-27(32)15-23(16-37-30)36-17-28(29(43)20-42)38-22-5-6-22)13-14-41(24)25-9-11-39(12-10-25)18-21-3-7-26(8-4-21)44-31(33,34)35/h3-4,7-8,15-17,20,22,24-25,36,38H,2,5-6,9-14,18-19H2,1H3/b28-17-. The van der Waals surface area contributed by atoms with Gasteiger partial charge in [0, 0.05) is 50.5 Å². The van der Waals surface area contributed by atoms with E-state index in [1.807, 2.05) is 0 Å². The number of ketones is 1. The van der Waals surface area contributed by atoms with Gasteiger partial charge in [-0.25, -0.2) is 4.98 Å². The van der Waals surface area contributed by atoms with E-state index in [1.165, 1.54) is 18.3 Å². The number of pyridine rings is 1. The summed E-state index contributed by atoms with van der Waals surface area (Å²) in [5, 5.41) is 6.61. The molecule has 0 spiro atoms. The van der Waals surface area contributed by atoms with E-state index in [9.17, 15) is 22.8 Å². The van der Waals surface area contributed by atoms with Crippen molar-refractivity contribution in [1.82, 2.24) is 20.1 Å². The lowest BCUT2D eigenvalue weighted by molar-refractivity contribution is -0.274. The number of anilines is 2. The Morgan fingerprint density at radius 3 is 2.45 bits per heavy atom. The summed E-state index contributed by atoms with van der Waals surface area (Å²) in [7, 11) is 0. The smallest absolute Gasteiger partial charge is 0.406 e. The first-order valence-electron chi connectivity index (χ1n) is 15.1. The van der Waals surface area contributed by atoms with Gasteiger partial charge in [-0.3, -0.25) is 19.4 Å². The quantitative estimate of drug-likeness (QED) is 0.191. The van der Waals surface area contributed by atoms with Gasteiger partial charge < -0.3 is 20.3 Å². The molecule has 1 unspecified atom stereocenters. The molecule has 1 aliphatic carbocycles. The molecular formula is C31H38ClF3N6O3. The number of benzene rings is 1. The number of carbonyl (C=O) groups excluding carboxylic acids is 2. The first kappa shape index (κ1) is 32.1. The molecule has 0 amide bonds. The van der Waals surface area contributed by atoms with Crippen molar-refractivity contribution >= 4 is 35.2 Å². The van der Waals surface area contributed by atoms with E-state index >= 15 is 0 Å². The van der Waals surface area contributed by atoms with Crippen LogP contribution in [0.1, 0.15) is 44.6 Å². The molecule has 0 bridgehead atoms. The van der Waals surface area contributed by atoms with Crippen molar-refractivity contribution in [3.63, 3.8) is 0 Å². The van der Waals surface area contributed by atoms with Gasteiger partial charge in [-0.2, -0.15) is 0 Å². The first-order valence-corrected chi connectivity index (χ1v) is 15.5.